The molecule has 108 valence electrons. The predicted molar refractivity (Wildman–Crippen MR) is 66.1 cm³/mol. The fourth-order valence-electron chi connectivity index (χ4n) is 1.49. The Kier molecular flexibility index (Phi) is 15.6. The van der Waals surface area contributed by atoms with Crippen molar-refractivity contribution in [1.29, 1.82) is 1.43 Å². The maximum absolute atomic E-state index is 9.31. The summed E-state index contributed by atoms with van der Waals surface area (Å²) in [4.78, 5) is 0. The molecule has 0 spiro atoms. The third-order valence-electron chi connectivity index (χ3n) is 2.57. The smallest absolute Gasteiger partial charge is 0.210 e. The second-order valence-electron chi connectivity index (χ2n) is 4.11. The van der Waals surface area contributed by atoms with Crippen molar-refractivity contribution in [3.8, 4) is 5.75 Å². The molecular weight excluding hydrogens is 690 g/mol. The number of rotatable bonds is 9. The van der Waals surface area contributed by atoms with Crippen molar-refractivity contribution in [3.05, 3.63) is 29.8 Å². The summed E-state index contributed by atoms with van der Waals surface area (Å²) in [5.41, 5.74) is 0.422. The van der Waals surface area contributed by atoms with E-state index in [9.17, 15) is 5.11 Å². The topological polar surface area (TPSA) is 90.2 Å². The van der Waals surface area contributed by atoms with Crippen LogP contribution in [0.1, 0.15) is 31.1 Å². The Labute approximate surface area is 192 Å². The van der Waals surface area contributed by atoms with Crippen LogP contribution >= 0.6 is 0 Å². The van der Waals surface area contributed by atoms with E-state index in [1.807, 2.05) is 0 Å². The van der Waals surface area contributed by atoms with Crippen LogP contribution in [-0.2, 0) is 0 Å². The summed E-state index contributed by atoms with van der Waals surface area (Å²) in [6, 6.07) is 6.54. The largest absolute Gasteiger partial charge is 0.494 e. The third-order valence-corrected chi connectivity index (χ3v) is 2.57. The molecule has 1 aromatic carbocycles. The Morgan fingerprint density at radius 1 is 1.05 bits per heavy atom. The van der Waals surface area contributed by atoms with Crippen molar-refractivity contribution < 1.29 is 113 Å². The van der Waals surface area contributed by atoms with Crippen LogP contribution in [0.3, 0.4) is 0 Å². The van der Waals surface area contributed by atoms with Gasteiger partial charge in [-0.3, -0.25) is 0 Å². The number of benzene rings is 1. The zero-order valence-corrected chi connectivity index (χ0v) is 20.8. The number of aliphatic hydroxyl groups is 4. The normalized spacial score (nSPS) is 12.1. The van der Waals surface area contributed by atoms with Crippen LogP contribution in [0.25, 0.3) is 0 Å². The van der Waals surface area contributed by atoms with E-state index in [4.69, 9.17) is 16.4 Å². The van der Waals surface area contributed by atoms with E-state index in [0.29, 0.717) is 24.3 Å². The predicted octanol–water partition coefficient (Wildman–Crippen LogP) is 0.572. The summed E-state index contributed by atoms with van der Waals surface area (Å²) in [6.07, 6.45) is 0.104. The van der Waals surface area contributed by atoms with Crippen molar-refractivity contribution in [2.45, 2.75) is 31.7 Å². The molecule has 0 heterocycles. The van der Waals surface area contributed by atoms with Crippen molar-refractivity contribution in [3.63, 3.8) is 0 Å². The van der Waals surface area contributed by atoms with Crippen LogP contribution in [0.5, 0.6) is 5.75 Å². The first-order chi connectivity index (χ1) is 9.13. The maximum atomic E-state index is 9.31. The molecule has 0 bridgehead atoms. The molecule has 0 aromatic heterocycles. The maximum Gasteiger partial charge on any atom is 0.210 e. The molecule has 0 amide bonds. The van der Waals surface area contributed by atoms with Gasteiger partial charge >= 0.3 is 0 Å². The Balaban J connectivity index is 0. The van der Waals surface area contributed by atoms with E-state index in [1.54, 1.807) is 24.3 Å². The van der Waals surface area contributed by atoms with Crippen molar-refractivity contribution in [2.75, 3.05) is 13.2 Å². The van der Waals surface area contributed by atoms with Gasteiger partial charge in [0.1, 0.15) is 5.75 Å². The molecule has 7 heteroatoms. The van der Waals surface area contributed by atoms with Crippen LogP contribution in [-0.4, -0.2) is 41.2 Å². The molecular formula is C13H20Ac2O5. The molecule has 2 radical (unpaired) electrons. The molecule has 0 saturated heterocycles. The van der Waals surface area contributed by atoms with E-state index in [0.717, 1.165) is 12.8 Å². The van der Waals surface area contributed by atoms with Crippen molar-refractivity contribution in [2.24, 2.45) is 0 Å². The molecule has 0 aliphatic heterocycles. The minimum atomic E-state index is -1.46. The number of unbranched alkanes of at least 4 members (excludes halogenated alkanes) is 1. The number of hydrogen-bond donors (Lipinski definition) is 4. The van der Waals surface area contributed by atoms with Gasteiger partial charge in [0, 0.05) is 93.7 Å². The molecule has 0 fully saturated rings. The summed E-state index contributed by atoms with van der Waals surface area (Å²) in [5, 5.41) is 31.3. The Morgan fingerprint density at radius 2 is 1.70 bits per heavy atom. The van der Waals surface area contributed by atoms with Gasteiger partial charge in [0.15, 0.2) is 6.29 Å². The summed E-state index contributed by atoms with van der Waals surface area (Å²) < 4.78 is 12.0. The van der Waals surface area contributed by atoms with Gasteiger partial charge in [-0.25, -0.2) is 0 Å². The fraction of sp³-hybridized carbons (Fsp3) is 0.538. The minimum Gasteiger partial charge on any atom is -0.494 e. The average molecular weight is 711 g/mol. The summed E-state index contributed by atoms with van der Waals surface area (Å²) in [6.45, 7) is 0.557. The third kappa shape index (κ3) is 10.5. The minimum absolute atomic E-state index is 0. The Bertz CT molecular complexity index is 351. The molecule has 1 rings (SSSR count). The van der Waals surface area contributed by atoms with E-state index >= 15 is 0 Å². The zero-order valence-electron chi connectivity index (χ0n) is 12.3. The van der Waals surface area contributed by atoms with E-state index in [1.165, 1.54) is 0 Å². The standard InChI is InChI=1S/C13H20O5.2Ac/c14-9-11(15)3-1-2-8-18-12-6-4-10(5-7-12)13(16)17;;/h4-7,11,13-17H,1-3,8-9H2;;/i14D;;. The first-order valence-corrected chi connectivity index (χ1v) is 5.98. The monoisotopic (exact) mass is 711 g/mol. The summed E-state index contributed by atoms with van der Waals surface area (Å²) in [7, 11) is 0. The quantitative estimate of drug-likeness (QED) is 0.223. The van der Waals surface area contributed by atoms with Crippen molar-refractivity contribution in [1.82, 2.24) is 0 Å². The van der Waals surface area contributed by atoms with Gasteiger partial charge in [-0.05, 0) is 31.4 Å². The Hall–Kier alpha value is 1.74. The molecule has 5 nitrogen and oxygen atoms in total. The molecule has 0 saturated carbocycles. The number of hydrogen-bond acceptors (Lipinski definition) is 5. The molecule has 1 aromatic rings. The van der Waals surface area contributed by atoms with Crippen LogP contribution < -0.4 is 4.74 Å². The number of aliphatic hydroxyl groups excluding tert-OH is 3. The second-order valence-corrected chi connectivity index (χ2v) is 4.11. The second kappa shape index (κ2) is 14.3. The first kappa shape index (κ1) is 21.7. The van der Waals surface area contributed by atoms with Crippen molar-refractivity contribution >= 4 is 0 Å². The van der Waals surface area contributed by atoms with Crippen LogP contribution in [0, 0.1) is 88.1 Å². The van der Waals surface area contributed by atoms with E-state index in [2.05, 4.69) is 5.11 Å². The van der Waals surface area contributed by atoms with Crippen LogP contribution in [0.4, 0.5) is 0 Å². The zero-order chi connectivity index (χ0) is 14.1. The van der Waals surface area contributed by atoms with Gasteiger partial charge in [-0.2, -0.15) is 0 Å². The molecule has 0 aliphatic rings. The summed E-state index contributed by atoms with van der Waals surface area (Å²) in [5.74, 6) is 0.666. The van der Waals surface area contributed by atoms with E-state index in [-0.39, 0.29) is 94.7 Å². The van der Waals surface area contributed by atoms with Gasteiger partial charge in [0.25, 0.3) is 0 Å². The molecule has 1 unspecified atom stereocenters. The van der Waals surface area contributed by atoms with Gasteiger partial charge in [0.05, 0.1) is 19.3 Å². The molecule has 1 atom stereocenters. The first-order valence-electron chi connectivity index (χ1n) is 6.39. The fourth-order valence-corrected chi connectivity index (χ4v) is 1.49. The molecule has 4 N–H and O–H groups in total. The van der Waals surface area contributed by atoms with Gasteiger partial charge in [-0.1, -0.05) is 12.1 Å². The SMILES string of the molecule is [2H]OCC(O)CCCCOc1ccc(C(O)O)cc1.[Ac].[Ac]. The molecule has 0 aliphatic carbocycles. The van der Waals surface area contributed by atoms with Gasteiger partial charge in [0.2, 0.25) is 1.43 Å². The Morgan fingerprint density at radius 3 is 2.25 bits per heavy atom. The number of ether oxygens (including phenoxy) is 1. The molecule has 20 heavy (non-hydrogen) atoms. The van der Waals surface area contributed by atoms with Gasteiger partial charge in [-0.15, -0.1) is 0 Å². The average Bonchev–Trinajstić information content (AvgIpc) is 2.39. The van der Waals surface area contributed by atoms with E-state index < -0.39 is 12.4 Å². The van der Waals surface area contributed by atoms with Gasteiger partial charge < -0.3 is 25.2 Å². The summed E-state index contributed by atoms with van der Waals surface area (Å²) >= 11 is 0. The van der Waals surface area contributed by atoms with Crippen LogP contribution in [0.15, 0.2) is 24.3 Å². The van der Waals surface area contributed by atoms with Crippen LogP contribution in [0.2, 0.25) is 0 Å².